The first kappa shape index (κ1) is 20.8. The zero-order chi connectivity index (χ0) is 20.1. The van der Waals surface area contributed by atoms with Gasteiger partial charge in [-0.3, -0.25) is 14.9 Å². The highest BCUT2D eigenvalue weighted by Gasteiger charge is 2.18. The topological polar surface area (TPSA) is 68.6 Å². The third kappa shape index (κ3) is 5.56. The summed E-state index contributed by atoms with van der Waals surface area (Å²) in [4.78, 5) is 12.5. The van der Waals surface area contributed by atoms with Gasteiger partial charge < -0.3 is 9.47 Å². The molecule has 1 amide bonds. The summed E-state index contributed by atoms with van der Waals surface area (Å²) in [5, 5.41) is 6.38. The highest BCUT2D eigenvalue weighted by Crippen LogP contribution is 2.25. The van der Waals surface area contributed by atoms with Crippen molar-refractivity contribution in [2.24, 2.45) is 5.92 Å². The first-order valence-corrected chi connectivity index (χ1v) is 10.3. The molecule has 7 nitrogen and oxygen atoms in total. The molecule has 0 unspecified atom stereocenters. The van der Waals surface area contributed by atoms with Gasteiger partial charge in [-0.05, 0) is 37.1 Å². The minimum absolute atomic E-state index is 0.200. The number of rotatable bonds is 7. The standard InChI is InChI=1S/C20H27BrN4O3/c1-14(2)13-28-19-5-4-17(21)11-16(19)12-25-15(3)10-18(22-25)20(26)23-24-6-8-27-9-7-24/h4-5,10-11,14H,6-9,12-13H2,1-3H3,(H,23,26). The maximum absolute atomic E-state index is 12.5. The van der Waals surface area contributed by atoms with Crippen molar-refractivity contribution in [3.63, 3.8) is 0 Å². The van der Waals surface area contributed by atoms with Gasteiger partial charge in [-0.2, -0.15) is 5.10 Å². The summed E-state index contributed by atoms with van der Waals surface area (Å²) in [5.41, 5.74) is 5.24. The molecular formula is C20H27BrN4O3. The van der Waals surface area contributed by atoms with Crippen molar-refractivity contribution in [3.8, 4) is 5.75 Å². The number of morpholine rings is 1. The number of nitrogens with one attached hydrogen (secondary N) is 1. The normalized spacial score (nSPS) is 15.0. The fraction of sp³-hybridized carbons (Fsp3) is 0.500. The molecule has 8 heteroatoms. The second-order valence-corrected chi connectivity index (χ2v) is 8.24. The van der Waals surface area contributed by atoms with Gasteiger partial charge in [-0.1, -0.05) is 29.8 Å². The molecule has 0 saturated carbocycles. The SMILES string of the molecule is Cc1cc(C(=O)NN2CCOCC2)nn1Cc1cc(Br)ccc1OCC(C)C. The van der Waals surface area contributed by atoms with Crippen LogP contribution in [0.5, 0.6) is 5.75 Å². The van der Waals surface area contributed by atoms with Crippen molar-refractivity contribution < 1.29 is 14.3 Å². The molecule has 3 rings (SSSR count). The van der Waals surface area contributed by atoms with Crippen LogP contribution >= 0.6 is 15.9 Å². The molecule has 0 spiro atoms. The lowest BCUT2D eigenvalue weighted by Gasteiger charge is -2.26. The number of amides is 1. The van der Waals surface area contributed by atoms with E-state index in [9.17, 15) is 4.79 Å². The van der Waals surface area contributed by atoms with E-state index < -0.39 is 0 Å². The van der Waals surface area contributed by atoms with Crippen LogP contribution in [0.25, 0.3) is 0 Å². The van der Waals surface area contributed by atoms with Crippen LogP contribution in [0.2, 0.25) is 0 Å². The molecule has 2 aromatic rings. The summed E-state index contributed by atoms with van der Waals surface area (Å²) < 4.78 is 14.1. The van der Waals surface area contributed by atoms with Gasteiger partial charge in [0.05, 0.1) is 26.4 Å². The Bertz CT molecular complexity index is 816. The van der Waals surface area contributed by atoms with E-state index in [2.05, 4.69) is 40.3 Å². The molecule has 1 aromatic heterocycles. The number of nitrogens with zero attached hydrogens (tertiary/aromatic N) is 3. The minimum atomic E-state index is -0.200. The van der Waals surface area contributed by atoms with Gasteiger partial charge in [0.15, 0.2) is 5.69 Å². The number of aromatic nitrogens is 2. The summed E-state index contributed by atoms with van der Waals surface area (Å²) in [6.45, 7) is 9.98. The average Bonchev–Trinajstić information content (AvgIpc) is 3.02. The van der Waals surface area contributed by atoms with Crippen LogP contribution in [0.3, 0.4) is 0 Å². The Morgan fingerprint density at radius 1 is 1.32 bits per heavy atom. The molecule has 2 heterocycles. The second-order valence-electron chi connectivity index (χ2n) is 7.33. The fourth-order valence-corrected chi connectivity index (χ4v) is 3.30. The predicted octanol–water partition coefficient (Wildman–Crippen LogP) is 3.01. The fourth-order valence-electron chi connectivity index (χ4n) is 2.89. The number of hydrogen-bond acceptors (Lipinski definition) is 5. The molecular weight excluding hydrogens is 424 g/mol. The van der Waals surface area contributed by atoms with Crippen LogP contribution < -0.4 is 10.2 Å². The van der Waals surface area contributed by atoms with Crippen LogP contribution in [-0.2, 0) is 11.3 Å². The highest BCUT2D eigenvalue weighted by molar-refractivity contribution is 9.10. The van der Waals surface area contributed by atoms with Crippen molar-refractivity contribution in [2.45, 2.75) is 27.3 Å². The van der Waals surface area contributed by atoms with E-state index in [0.717, 1.165) is 21.5 Å². The molecule has 1 fully saturated rings. The monoisotopic (exact) mass is 450 g/mol. The molecule has 0 radical (unpaired) electrons. The second kappa shape index (κ2) is 9.54. The van der Waals surface area contributed by atoms with Crippen LogP contribution in [0.1, 0.15) is 35.6 Å². The maximum Gasteiger partial charge on any atom is 0.286 e. The molecule has 0 bridgehead atoms. The first-order chi connectivity index (χ1) is 13.4. The van der Waals surface area contributed by atoms with Gasteiger partial charge in [-0.15, -0.1) is 0 Å². The Hall–Kier alpha value is -1.90. The number of benzene rings is 1. The maximum atomic E-state index is 12.5. The van der Waals surface area contributed by atoms with Gasteiger partial charge >= 0.3 is 0 Å². The Morgan fingerprint density at radius 3 is 2.79 bits per heavy atom. The summed E-state index contributed by atoms with van der Waals surface area (Å²) in [5.74, 6) is 1.08. The van der Waals surface area contributed by atoms with Gasteiger partial charge in [0.2, 0.25) is 0 Å². The molecule has 28 heavy (non-hydrogen) atoms. The Kier molecular flexibility index (Phi) is 7.09. The highest BCUT2D eigenvalue weighted by atomic mass is 79.9. The van der Waals surface area contributed by atoms with Crippen LogP contribution in [-0.4, -0.2) is 53.6 Å². The number of hydrogen-bond donors (Lipinski definition) is 1. The van der Waals surface area contributed by atoms with E-state index >= 15 is 0 Å². The number of carbonyl (C=O) groups excluding carboxylic acids is 1. The number of carbonyl (C=O) groups is 1. The van der Waals surface area contributed by atoms with Gasteiger partial charge in [0.1, 0.15) is 5.75 Å². The van der Waals surface area contributed by atoms with Crippen LogP contribution in [0, 0.1) is 12.8 Å². The lowest BCUT2D eigenvalue weighted by atomic mass is 10.2. The van der Waals surface area contributed by atoms with Crippen LogP contribution in [0.15, 0.2) is 28.7 Å². The number of ether oxygens (including phenoxy) is 2. The summed E-state index contributed by atoms with van der Waals surface area (Å²) in [6, 6.07) is 7.77. The third-order valence-corrected chi connectivity index (χ3v) is 4.89. The van der Waals surface area contributed by atoms with Gasteiger partial charge in [0.25, 0.3) is 5.91 Å². The van der Waals surface area contributed by atoms with E-state index in [1.807, 2.05) is 40.9 Å². The lowest BCUT2D eigenvalue weighted by molar-refractivity contribution is 0.0124. The van der Waals surface area contributed by atoms with Crippen LogP contribution in [0.4, 0.5) is 0 Å². The number of aryl methyl sites for hydroxylation is 1. The molecule has 1 N–H and O–H groups in total. The largest absolute Gasteiger partial charge is 0.493 e. The lowest BCUT2D eigenvalue weighted by Crippen LogP contribution is -2.48. The number of halogens is 1. The van der Waals surface area contributed by atoms with Crippen molar-refractivity contribution in [3.05, 3.63) is 45.7 Å². The minimum Gasteiger partial charge on any atom is -0.493 e. The third-order valence-electron chi connectivity index (χ3n) is 4.40. The molecule has 152 valence electrons. The zero-order valence-electron chi connectivity index (χ0n) is 16.6. The molecule has 0 aliphatic carbocycles. The van der Waals surface area contributed by atoms with Crippen molar-refractivity contribution >= 4 is 21.8 Å². The Labute approximate surface area is 174 Å². The van der Waals surface area contributed by atoms with E-state index in [-0.39, 0.29) is 5.91 Å². The Morgan fingerprint density at radius 2 is 2.07 bits per heavy atom. The van der Waals surface area contributed by atoms with Gasteiger partial charge in [0, 0.05) is 28.8 Å². The van der Waals surface area contributed by atoms with Crippen molar-refractivity contribution in [1.29, 1.82) is 0 Å². The van der Waals surface area contributed by atoms with E-state index in [4.69, 9.17) is 9.47 Å². The predicted molar refractivity (Wildman–Crippen MR) is 110 cm³/mol. The number of hydrazine groups is 1. The smallest absolute Gasteiger partial charge is 0.286 e. The molecule has 1 aliphatic rings. The molecule has 0 atom stereocenters. The first-order valence-electron chi connectivity index (χ1n) is 9.51. The van der Waals surface area contributed by atoms with E-state index in [1.165, 1.54) is 0 Å². The quantitative estimate of drug-likeness (QED) is 0.701. The van der Waals surface area contributed by atoms with Crippen molar-refractivity contribution in [1.82, 2.24) is 20.2 Å². The molecule has 1 aromatic carbocycles. The van der Waals surface area contributed by atoms with E-state index in [1.54, 1.807) is 0 Å². The summed E-state index contributed by atoms with van der Waals surface area (Å²) in [6.07, 6.45) is 0. The molecule has 1 saturated heterocycles. The molecule has 1 aliphatic heterocycles. The summed E-state index contributed by atoms with van der Waals surface area (Å²) >= 11 is 3.53. The van der Waals surface area contributed by atoms with Crippen molar-refractivity contribution in [2.75, 3.05) is 32.9 Å². The Balaban J connectivity index is 1.73. The average molecular weight is 451 g/mol. The van der Waals surface area contributed by atoms with Gasteiger partial charge in [-0.25, -0.2) is 5.01 Å². The zero-order valence-corrected chi connectivity index (χ0v) is 18.2. The van der Waals surface area contributed by atoms with E-state index in [0.29, 0.717) is 51.1 Å². The summed E-state index contributed by atoms with van der Waals surface area (Å²) in [7, 11) is 0.